The number of hydrogen-bond acceptors (Lipinski definition) is 3. The highest BCUT2D eigenvalue weighted by molar-refractivity contribution is 9.10. The lowest BCUT2D eigenvalue weighted by Gasteiger charge is -2.15. The first-order valence-corrected chi connectivity index (χ1v) is 7.76. The summed E-state index contributed by atoms with van der Waals surface area (Å²) in [5.41, 5.74) is 7.76. The van der Waals surface area contributed by atoms with Gasteiger partial charge in [0, 0.05) is 5.69 Å². The zero-order valence-corrected chi connectivity index (χ0v) is 13.9. The van der Waals surface area contributed by atoms with Crippen molar-refractivity contribution >= 4 is 15.9 Å². The molecule has 0 saturated carbocycles. The van der Waals surface area contributed by atoms with Crippen LogP contribution in [0.15, 0.2) is 41.2 Å². The number of nitrogens with one attached hydrogen (secondary N) is 1. The first-order chi connectivity index (χ1) is 9.67. The summed E-state index contributed by atoms with van der Waals surface area (Å²) in [6.07, 6.45) is 10.8. The van der Waals surface area contributed by atoms with Crippen molar-refractivity contribution in [2.24, 2.45) is 11.7 Å². The average Bonchev–Trinajstić information content (AvgIpc) is 2.44. The Morgan fingerprint density at radius 3 is 2.90 bits per heavy atom. The normalized spacial score (nSPS) is 13.3. The van der Waals surface area contributed by atoms with E-state index in [0.717, 1.165) is 30.4 Å². The van der Waals surface area contributed by atoms with E-state index in [1.54, 1.807) is 6.20 Å². The van der Waals surface area contributed by atoms with Crippen LogP contribution in [0.2, 0.25) is 0 Å². The Bertz CT molecular complexity index is 455. The van der Waals surface area contributed by atoms with Gasteiger partial charge < -0.3 is 11.1 Å². The van der Waals surface area contributed by atoms with E-state index in [1.165, 1.54) is 11.3 Å². The third kappa shape index (κ3) is 6.35. The molecule has 1 rings (SSSR count). The van der Waals surface area contributed by atoms with Crippen LogP contribution in [0.4, 0.5) is 0 Å². The minimum absolute atomic E-state index is 0.614. The van der Waals surface area contributed by atoms with Crippen molar-refractivity contribution in [3.05, 3.63) is 52.4 Å². The van der Waals surface area contributed by atoms with E-state index in [4.69, 9.17) is 5.73 Å². The maximum absolute atomic E-state index is 5.31. The number of rotatable bonds is 8. The summed E-state index contributed by atoms with van der Waals surface area (Å²) < 4.78 is 0.913. The fraction of sp³-hybridized carbons (Fsp3) is 0.438. The molecule has 4 heteroatoms. The minimum atomic E-state index is 0.614. The van der Waals surface area contributed by atoms with Crippen molar-refractivity contribution in [2.45, 2.75) is 26.2 Å². The van der Waals surface area contributed by atoms with Crippen LogP contribution >= 0.6 is 15.9 Å². The molecular weight excluding hydrogens is 314 g/mol. The molecule has 0 saturated heterocycles. The molecular formula is C16H24BrN3. The molecule has 1 atom stereocenters. The summed E-state index contributed by atoms with van der Waals surface area (Å²) in [7, 11) is 2.00. The number of aromatic nitrogens is 1. The van der Waals surface area contributed by atoms with Crippen LogP contribution in [0, 0.1) is 12.8 Å². The van der Waals surface area contributed by atoms with Crippen molar-refractivity contribution in [1.29, 1.82) is 0 Å². The van der Waals surface area contributed by atoms with E-state index in [-0.39, 0.29) is 0 Å². The van der Waals surface area contributed by atoms with Gasteiger partial charge in [-0.15, -0.1) is 0 Å². The summed E-state index contributed by atoms with van der Waals surface area (Å²) in [4.78, 5) is 4.57. The molecule has 20 heavy (non-hydrogen) atoms. The third-order valence-corrected chi connectivity index (χ3v) is 3.72. The molecule has 0 radical (unpaired) electrons. The van der Waals surface area contributed by atoms with Gasteiger partial charge in [-0.2, -0.15) is 0 Å². The molecule has 0 aliphatic carbocycles. The number of aryl methyl sites for hydroxylation is 2. The molecule has 0 spiro atoms. The zero-order valence-electron chi connectivity index (χ0n) is 12.3. The maximum atomic E-state index is 5.31. The second kappa shape index (κ2) is 9.72. The largest absolute Gasteiger partial charge is 0.405 e. The smallest absolute Gasteiger partial charge is 0.106 e. The Morgan fingerprint density at radius 2 is 2.20 bits per heavy atom. The van der Waals surface area contributed by atoms with Crippen molar-refractivity contribution in [1.82, 2.24) is 10.3 Å². The molecule has 1 heterocycles. The summed E-state index contributed by atoms with van der Waals surface area (Å²) in [5, 5.41) is 3.26. The highest BCUT2D eigenvalue weighted by Gasteiger charge is 2.08. The van der Waals surface area contributed by atoms with E-state index in [0.29, 0.717) is 5.92 Å². The lowest BCUT2D eigenvalue weighted by atomic mass is 9.96. The maximum Gasteiger partial charge on any atom is 0.106 e. The van der Waals surface area contributed by atoms with E-state index in [1.807, 2.05) is 25.3 Å². The fourth-order valence-electron chi connectivity index (χ4n) is 2.14. The molecule has 0 aromatic carbocycles. The van der Waals surface area contributed by atoms with Gasteiger partial charge in [-0.05, 0) is 85.5 Å². The molecule has 0 amide bonds. The topological polar surface area (TPSA) is 50.9 Å². The van der Waals surface area contributed by atoms with Crippen molar-refractivity contribution in [2.75, 3.05) is 13.6 Å². The predicted molar refractivity (Wildman–Crippen MR) is 89.5 cm³/mol. The first-order valence-electron chi connectivity index (χ1n) is 6.97. The Morgan fingerprint density at radius 1 is 1.40 bits per heavy atom. The van der Waals surface area contributed by atoms with E-state index < -0.39 is 0 Å². The Balaban J connectivity index is 2.55. The molecule has 0 fully saturated rings. The number of hydrogen-bond donors (Lipinski definition) is 2. The summed E-state index contributed by atoms with van der Waals surface area (Å²) >= 11 is 3.44. The van der Waals surface area contributed by atoms with E-state index in [9.17, 15) is 0 Å². The lowest BCUT2D eigenvalue weighted by Crippen LogP contribution is -2.19. The number of nitrogens with two attached hydrogens (primary N) is 1. The van der Waals surface area contributed by atoms with Crippen LogP contribution in [-0.2, 0) is 6.42 Å². The highest BCUT2D eigenvalue weighted by atomic mass is 79.9. The standard InChI is InChI=1S/C16H24BrN3/c1-13-7-10-16(17)20-15(13)9-8-14(12-19-2)6-4-3-5-11-18/h3-5,7,10-11,14,19H,6,8-9,12,18H2,1-2H3/b4-3+,11-5-. The first kappa shape index (κ1) is 16.9. The fourth-order valence-corrected chi connectivity index (χ4v) is 2.49. The van der Waals surface area contributed by atoms with Gasteiger partial charge in [0.2, 0.25) is 0 Å². The van der Waals surface area contributed by atoms with Crippen LogP contribution in [0.25, 0.3) is 0 Å². The molecule has 1 aromatic rings. The Hall–Kier alpha value is -1.13. The summed E-state index contributed by atoms with van der Waals surface area (Å²) in [6.45, 7) is 3.14. The molecule has 110 valence electrons. The number of allylic oxidation sites excluding steroid dienone is 3. The van der Waals surface area contributed by atoms with Gasteiger partial charge in [-0.3, -0.25) is 0 Å². The van der Waals surface area contributed by atoms with Gasteiger partial charge in [0.1, 0.15) is 4.60 Å². The van der Waals surface area contributed by atoms with Crippen LogP contribution in [0.3, 0.4) is 0 Å². The van der Waals surface area contributed by atoms with Gasteiger partial charge in [0.05, 0.1) is 0 Å². The molecule has 3 N–H and O–H groups in total. The highest BCUT2D eigenvalue weighted by Crippen LogP contribution is 2.17. The van der Waals surface area contributed by atoms with Crippen LogP contribution in [-0.4, -0.2) is 18.6 Å². The third-order valence-electron chi connectivity index (χ3n) is 3.28. The van der Waals surface area contributed by atoms with Gasteiger partial charge in [0.25, 0.3) is 0 Å². The summed E-state index contributed by atoms with van der Waals surface area (Å²) in [5.74, 6) is 0.614. The van der Waals surface area contributed by atoms with Crippen LogP contribution in [0.5, 0.6) is 0 Å². The van der Waals surface area contributed by atoms with Gasteiger partial charge in [-0.1, -0.05) is 18.2 Å². The minimum Gasteiger partial charge on any atom is -0.405 e. The van der Waals surface area contributed by atoms with Gasteiger partial charge >= 0.3 is 0 Å². The lowest BCUT2D eigenvalue weighted by molar-refractivity contribution is 0.466. The van der Waals surface area contributed by atoms with Crippen molar-refractivity contribution in [3.63, 3.8) is 0 Å². The van der Waals surface area contributed by atoms with Gasteiger partial charge in [-0.25, -0.2) is 4.98 Å². The quantitative estimate of drug-likeness (QED) is 0.565. The summed E-state index contributed by atoms with van der Waals surface area (Å²) in [6, 6.07) is 4.11. The van der Waals surface area contributed by atoms with E-state index >= 15 is 0 Å². The Labute approximate surface area is 130 Å². The monoisotopic (exact) mass is 337 g/mol. The van der Waals surface area contributed by atoms with E-state index in [2.05, 4.69) is 45.3 Å². The predicted octanol–water partition coefficient (Wildman–Crippen LogP) is 3.34. The molecule has 1 aromatic heterocycles. The molecule has 0 aliphatic heterocycles. The average molecular weight is 338 g/mol. The zero-order chi connectivity index (χ0) is 14.8. The SMILES string of the molecule is CNCC(C/C=C/C=C\N)CCc1nc(Br)ccc1C. The van der Waals surface area contributed by atoms with Crippen LogP contribution < -0.4 is 11.1 Å². The number of nitrogens with zero attached hydrogens (tertiary/aromatic N) is 1. The second-order valence-corrected chi connectivity index (χ2v) is 5.72. The second-order valence-electron chi connectivity index (χ2n) is 4.91. The Kier molecular flexibility index (Phi) is 8.23. The van der Waals surface area contributed by atoms with Crippen LogP contribution in [0.1, 0.15) is 24.1 Å². The molecule has 0 bridgehead atoms. The molecule has 3 nitrogen and oxygen atoms in total. The number of pyridine rings is 1. The molecule has 1 unspecified atom stereocenters. The molecule has 0 aliphatic rings. The number of halogens is 1. The van der Waals surface area contributed by atoms with Gasteiger partial charge in [0.15, 0.2) is 0 Å². The van der Waals surface area contributed by atoms with Crippen molar-refractivity contribution in [3.8, 4) is 0 Å². The van der Waals surface area contributed by atoms with Crippen molar-refractivity contribution < 1.29 is 0 Å².